The van der Waals surface area contributed by atoms with Crippen LogP contribution in [0.25, 0.3) is 0 Å². The number of aromatic nitrogens is 1. The Morgan fingerprint density at radius 2 is 2.32 bits per heavy atom. The Morgan fingerprint density at radius 3 is 2.95 bits per heavy atom. The van der Waals surface area contributed by atoms with Crippen molar-refractivity contribution in [2.45, 2.75) is 24.9 Å². The molecule has 1 saturated heterocycles. The first kappa shape index (κ1) is 14.4. The smallest absolute Gasteiger partial charge is 0.390 e. The van der Waals surface area contributed by atoms with Gasteiger partial charge in [0.25, 0.3) is 0 Å². The zero-order chi connectivity index (χ0) is 14.0. The molecular weight excluding hydrogens is 277 g/mol. The lowest BCUT2D eigenvalue weighted by Gasteiger charge is -2.16. The predicted octanol–water partition coefficient (Wildman–Crippen LogP) is 0.0583. The highest BCUT2D eigenvalue weighted by Gasteiger charge is 2.36. The third-order valence-electron chi connectivity index (χ3n) is 2.85. The quantitative estimate of drug-likeness (QED) is 0.518. The minimum absolute atomic E-state index is 0.213. The minimum Gasteiger partial charge on any atom is -0.390 e. The van der Waals surface area contributed by atoms with Crippen LogP contribution in [0.15, 0.2) is 18.3 Å². The van der Waals surface area contributed by atoms with Gasteiger partial charge in [0.15, 0.2) is 6.29 Å². The van der Waals surface area contributed by atoms with Crippen molar-refractivity contribution < 1.29 is 33.5 Å². The number of hydrogen-bond donors (Lipinski definition) is 3. The third-order valence-corrected chi connectivity index (χ3v) is 3.34. The van der Waals surface area contributed by atoms with Crippen LogP contribution in [0.2, 0.25) is 0 Å². The van der Waals surface area contributed by atoms with E-state index in [9.17, 15) is 14.5 Å². The molecule has 3 N–H and O–H groups in total. The summed E-state index contributed by atoms with van der Waals surface area (Å²) in [6.07, 6.45) is 0.182. The second kappa shape index (κ2) is 5.54. The van der Waals surface area contributed by atoms with E-state index >= 15 is 0 Å². The van der Waals surface area contributed by atoms with Gasteiger partial charge in [0.1, 0.15) is 12.3 Å². The molecule has 1 fully saturated rings. The summed E-state index contributed by atoms with van der Waals surface area (Å²) < 4.78 is 21.9. The van der Waals surface area contributed by atoms with Gasteiger partial charge in [-0.1, -0.05) is 0 Å². The van der Waals surface area contributed by atoms with Crippen LogP contribution in [0.3, 0.4) is 0 Å². The summed E-state index contributed by atoms with van der Waals surface area (Å²) in [5.41, 5.74) is 0.397. The van der Waals surface area contributed by atoms with Gasteiger partial charge < -0.3 is 24.2 Å². The number of phosphoric ester groups is 1. The second-order valence-electron chi connectivity index (χ2n) is 4.18. The number of aliphatic hydroxyl groups is 1. The molecular formula is C10H14NO7P. The van der Waals surface area contributed by atoms with Crippen LogP contribution < -0.4 is 0 Å². The third kappa shape index (κ3) is 3.50. The van der Waals surface area contributed by atoms with Gasteiger partial charge in [0.2, 0.25) is 0 Å². The van der Waals surface area contributed by atoms with Crippen molar-refractivity contribution in [1.29, 1.82) is 0 Å². The lowest BCUT2D eigenvalue weighted by molar-refractivity contribution is -0.0437. The average Bonchev–Trinajstić information content (AvgIpc) is 2.91. The summed E-state index contributed by atoms with van der Waals surface area (Å²) in [5, 5.41) is 9.76. The fourth-order valence-electron chi connectivity index (χ4n) is 1.98. The SMILES string of the molecule is O=Cc1cccn1[C@H]1C[C@H](O)[C@@H](COP(=O)(O)O)O1. The van der Waals surface area contributed by atoms with E-state index in [0.29, 0.717) is 12.0 Å². The van der Waals surface area contributed by atoms with Gasteiger partial charge in [-0.2, -0.15) is 0 Å². The number of carbonyl (C=O) groups excluding carboxylic acids is 1. The molecule has 2 heterocycles. The number of aldehydes is 1. The van der Waals surface area contributed by atoms with Crippen molar-refractivity contribution in [3.05, 3.63) is 24.0 Å². The Kier molecular flexibility index (Phi) is 4.19. The van der Waals surface area contributed by atoms with E-state index in [1.54, 1.807) is 22.9 Å². The van der Waals surface area contributed by atoms with Crippen LogP contribution in [0.1, 0.15) is 23.1 Å². The first-order valence-electron chi connectivity index (χ1n) is 5.56. The molecule has 19 heavy (non-hydrogen) atoms. The summed E-state index contributed by atoms with van der Waals surface area (Å²) in [4.78, 5) is 28.0. The van der Waals surface area contributed by atoms with Crippen LogP contribution in [-0.2, 0) is 13.8 Å². The van der Waals surface area contributed by atoms with Crippen LogP contribution in [0.5, 0.6) is 0 Å². The normalized spacial score (nSPS) is 27.6. The molecule has 1 aromatic rings. The highest BCUT2D eigenvalue weighted by Crippen LogP contribution is 2.38. The van der Waals surface area contributed by atoms with Gasteiger partial charge >= 0.3 is 7.82 Å². The van der Waals surface area contributed by atoms with Crippen molar-refractivity contribution >= 4 is 14.1 Å². The molecule has 3 atom stereocenters. The summed E-state index contributed by atoms with van der Waals surface area (Å²) in [5.74, 6) is 0. The van der Waals surface area contributed by atoms with Crippen LogP contribution in [-0.4, -0.2) is 44.6 Å². The first-order valence-corrected chi connectivity index (χ1v) is 7.09. The van der Waals surface area contributed by atoms with Gasteiger partial charge in [-0.05, 0) is 12.1 Å². The van der Waals surface area contributed by atoms with Crippen molar-refractivity contribution in [3.8, 4) is 0 Å². The van der Waals surface area contributed by atoms with Gasteiger partial charge in [0.05, 0.1) is 18.4 Å². The van der Waals surface area contributed by atoms with Crippen molar-refractivity contribution in [1.82, 2.24) is 4.57 Å². The molecule has 2 rings (SSSR count). The fourth-order valence-corrected chi connectivity index (χ4v) is 2.32. The number of nitrogens with zero attached hydrogens (tertiary/aromatic N) is 1. The van der Waals surface area contributed by atoms with E-state index in [0.717, 1.165) is 0 Å². The summed E-state index contributed by atoms with van der Waals surface area (Å²) in [6, 6.07) is 3.27. The van der Waals surface area contributed by atoms with E-state index in [2.05, 4.69) is 4.52 Å². The molecule has 0 bridgehead atoms. The maximum atomic E-state index is 10.8. The molecule has 8 nitrogen and oxygen atoms in total. The van der Waals surface area contributed by atoms with Crippen LogP contribution >= 0.6 is 7.82 Å². The van der Waals surface area contributed by atoms with Gasteiger partial charge in [-0.15, -0.1) is 0 Å². The van der Waals surface area contributed by atoms with E-state index < -0.39 is 32.9 Å². The molecule has 106 valence electrons. The van der Waals surface area contributed by atoms with Crippen LogP contribution in [0.4, 0.5) is 0 Å². The largest absolute Gasteiger partial charge is 0.469 e. The number of carbonyl (C=O) groups is 1. The molecule has 0 amide bonds. The van der Waals surface area contributed by atoms with E-state index in [1.165, 1.54) is 0 Å². The van der Waals surface area contributed by atoms with Crippen molar-refractivity contribution in [2.75, 3.05) is 6.61 Å². The Bertz CT molecular complexity index is 496. The van der Waals surface area contributed by atoms with E-state index in [1.807, 2.05) is 0 Å². The second-order valence-corrected chi connectivity index (χ2v) is 5.42. The van der Waals surface area contributed by atoms with Gasteiger partial charge in [0, 0.05) is 12.6 Å². The molecule has 0 spiro atoms. The fraction of sp³-hybridized carbons (Fsp3) is 0.500. The molecule has 0 unspecified atom stereocenters. The number of aliphatic hydroxyl groups excluding tert-OH is 1. The maximum absolute atomic E-state index is 10.8. The van der Waals surface area contributed by atoms with Crippen molar-refractivity contribution in [2.24, 2.45) is 0 Å². The monoisotopic (exact) mass is 291 g/mol. The molecule has 1 aliphatic heterocycles. The number of hydrogen-bond acceptors (Lipinski definition) is 5. The topological polar surface area (TPSA) is 118 Å². The Labute approximate surface area is 108 Å². The zero-order valence-corrected chi connectivity index (χ0v) is 10.7. The molecule has 1 aliphatic rings. The number of phosphoric acid groups is 1. The summed E-state index contributed by atoms with van der Waals surface area (Å²) >= 11 is 0. The Balaban J connectivity index is 2.01. The number of ether oxygens (including phenoxy) is 1. The molecule has 0 saturated carbocycles. The molecule has 0 aliphatic carbocycles. The molecule has 9 heteroatoms. The minimum atomic E-state index is -4.59. The average molecular weight is 291 g/mol. The molecule has 0 aromatic carbocycles. The van der Waals surface area contributed by atoms with Crippen molar-refractivity contribution in [3.63, 3.8) is 0 Å². The van der Waals surface area contributed by atoms with E-state index in [-0.39, 0.29) is 6.42 Å². The predicted molar refractivity (Wildman–Crippen MR) is 62.3 cm³/mol. The Morgan fingerprint density at radius 1 is 1.58 bits per heavy atom. The highest BCUT2D eigenvalue weighted by atomic mass is 31.2. The lowest BCUT2D eigenvalue weighted by Crippen LogP contribution is -2.25. The lowest BCUT2D eigenvalue weighted by atomic mass is 10.2. The molecule has 1 aromatic heterocycles. The van der Waals surface area contributed by atoms with Gasteiger partial charge in [-0.25, -0.2) is 4.57 Å². The van der Waals surface area contributed by atoms with Gasteiger partial charge in [-0.3, -0.25) is 9.32 Å². The van der Waals surface area contributed by atoms with Crippen LogP contribution in [0, 0.1) is 0 Å². The first-order chi connectivity index (χ1) is 8.90. The number of rotatable bonds is 5. The highest BCUT2D eigenvalue weighted by molar-refractivity contribution is 7.46. The summed E-state index contributed by atoms with van der Waals surface area (Å²) in [6.45, 7) is -0.417. The van der Waals surface area contributed by atoms with E-state index in [4.69, 9.17) is 14.5 Å². The Hall–Kier alpha value is -1.02. The standard InChI is InChI=1S/C10H14NO7P/c12-5-7-2-1-3-11(7)10-4-8(13)9(18-10)6-17-19(14,15)16/h1-3,5,8-10,13H,4,6H2,(H2,14,15,16)/t8-,9+,10+/m0/s1. The molecule has 0 radical (unpaired) electrons. The summed E-state index contributed by atoms with van der Waals surface area (Å²) in [7, 11) is -4.59. The zero-order valence-electron chi connectivity index (χ0n) is 9.82. The maximum Gasteiger partial charge on any atom is 0.469 e.